The molecule has 0 aliphatic carbocycles. The number of ether oxygens (including phenoxy) is 2. The molecule has 1 amide bonds. The van der Waals surface area contributed by atoms with Crippen molar-refractivity contribution in [2.75, 3.05) is 64.6 Å². The molecule has 2 heterocycles. The monoisotopic (exact) mass is 465 g/mol. The number of nitrogens with one attached hydrogen (secondary N) is 1. The van der Waals surface area contributed by atoms with Crippen molar-refractivity contribution in [3.8, 4) is 11.5 Å². The van der Waals surface area contributed by atoms with Gasteiger partial charge in [-0.1, -0.05) is 29.4 Å². The van der Waals surface area contributed by atoms with E-state index < -0.39 is 0 Å². The van der Waals surface area contributed by atoms with Crippen molar-refractivity contribution in [1.82, 2.24) is 20.2 Å². The molecule has 0 saturated carbocycles. The van der Waals surface area contributed by atoms with E-state index >= 15 is 0 Å². The Bertz CT molecular complexity index is 893. The lowest BCUT2D eigenvalue weighted by atomic mass is 10.1. The van der Waals surface area contributed by atoms with E-state index in [4.69, 9.17) is 21.1 Å². The van der Waals surface area contributed by atoms with Crippen LogP contribution in [0.15, 0.2) is 29.4 Å². The minimum atomic E-state index is -0.0739. The number of methoxy groups -OCH3 is 2. The van der Waals surface area contributed by atoms with Gasteiger partial charge in [0, 0.05) is 38.8 Å². The molecule has 1 aromatic heterocycles. The van der Waals surface area contributed by atoms with Crippen molar-refractivity contribution < 1.29 is 14.3 Å². The molecule has 0 spiro atoms. The van der Waals surface area contributed by atoms with Gasteiger partial charge >= 0.3 is 0 Å². The van der Waals surface area contributed by atoms with E-state index in [-0.39, 0.29) is 11.7 Å². The number of halogens is 1. The first kappa shape index (κ1) is 23.4. The van der Waals surface area contributed by atoms with Crippen LogP contribution in [0, 0.1) is 0 Å². The summed E-state index contributed by atoms with van der Waals surface area (Å²) in [6, 6.07) is 7.52. The van der Waals surface area contributed by atoms with Gasteiger partial charge < -0.3 is 24.6 Å². The van der Waals surface area contributed by atoms with Gasteiger partial charge in [-0.15, -0.1) is 0 Å². The molecule has 168 valence electrons. The van der Waals surface area contributed by atoms with Crippen molar-refractivity contribution in [1.29, 1.82) is 0 Å². The molecule has 10 heteroatoms. The summed E-state index contributed by atoms with van der Waals surface area (Å²) in [5.74, 6) is 2.33. The number of hydrogen-bond donors (Lipinski definition) is 1. The summed E-state index contributed by atoms with van der Waals surface area (Å²) >= 11 is 7.48. The Balaban J connectivity index is 1.47. The summed E-state index contributed by atoms with van der Waals surface area (Å²) in [6.07, 6.45) is 0.692. The molecule has 2 aromatic rings. The number of likely N-dealkylation sites (N-methyl/N-ethyl adjacent to an activating group) is 1. The molecular formula is C21H28ClN5O3S. The van der Waals surface area contributed by atoms with Crippen LogP contribution in [0.3, 0.4) is 0 Å². The number of carbonyl (C=O) groups is 1. The second-order valence-corrected chi connectivity index (χ2v) is 8.53. The number of amides is 1. The highest BCUT2D eigenvalue weighted by Gasteiger charge is 2.17. The summed E-state index contributed by atoms with van der Waals surface area (Å²) in [5.41, 5.74) is 1.06. The van der Waals surface area contributed by atoms with Crippen LogP contribution in [0.5, 0.6) is 11.5 Å². The third-order valence-electron chi connectivity index (χ3n) is 5.00. The van der Waals surface area contributed by atoms with Gasteiger partial charge in [0.2, 0.25) is 5.91 Å². The molecule has 1 aliphatic heterocycles. The molecule has 1 aliphatic rings. The van der Waals surface area contributed by atoms with Crippen LogP contribution in [0.1, 0.15) is 5.56 Å². The second kappa shape index (κ2) is 11.4. The predicted octanol–water partition coefficient (Wildman–Crippen LogP) is 2.35. The quantitative estimate of drug-likeness (QED) is 0.343. The molecule has 31 heavy (non-hydrogen) atoms. The van der Waals surface area contributed by atoms with Crippen molar-refractivity contribution in [3.63, 3.8) is 0 Å². The molecule has 1 saturated heterocycles. The predicted molar refractivity (Wildman–Crippen MR) is 124 cm³/mol. The largest absolute Gasteiger partial charge is 0.493 e. The molecule has 0 radical (unpaired) electrons. The van der Waals surface area contributed by atoms with E-state index in [1.807, 2.05) is 18.2 Å². The zero-order valence-corrected chi connectivity index (χ0v) is 19.6. The maximum Gasteiger partial charge on any atom is 0.230 e. The standard InChI is InChI=1S/C21H28ClN5O3S/c1-26-8-10-27(11-9-26)19-13-18(22)24-21(25-19)31-14-20(28)23-7-6-15-4-5-16(29-2)17(12-15)30-3/h4-5,12-13H,6-11,14H2,1-3H3,(H,23,28). The summed E-state index contributed by atoms with van der Waals surface area (Å²) in [4.78, 5) is 25.6. The minimum absolute atomic E-state index is 0.0739. The highest BCUT2D eigenvalue weighted by atomic mass is 35.5. The molecule has 0 bridgehead atoms. The maximum absolute atomic E-state index is 12.3. The fourth-order valence-corrected chi connectivity index (χ4v) is 4.12. The summed E-state index contributed by atoms with van der Waals surface area (Å²) in [6.45, 7) is 4.27. The molecule has 0 atom stereocenters. The first-order valence-electron chi connectivity index (χ1n) is 10.1. The van der Waals surface area contributed by atoms with Gasteiger partial charge in [0.1, 0.15) is 11.0 Å². The van der Waals surface area contributed by atoms with Gasteiger partial charge in [-0.3, -0.25) is 4.79 Å². The number of hydrogen-bond acceptors (Lipinski definition) is 8. The number of thioether (sulfide) groups is 1. The Morgan fingerprint density at radius 2 is 1.87 bits per heavy atom. The average molecular weight is 466 g/mol. The molecule has 3 rings (SSSR count). The zero-order valence-electron chi connectivity index (χ0n) is 18.1. The zero-order chi connectivity index (χ0) is 22.2. The maximum atomic E-state index is 12.3. The number of rotatable bonds is 9. The van der Waals surface area contributed by atoms with Crippen molar-refractivity contribution in [2.45, 2.75) is 11.6 Å². The number of piperazine rings is 1. The Morgan fingerprint density at radius 1 is 1.13 bits per heavy atom. The smallest absolute Gasteiger partial charge is 0.230 e. The Morgan fingerprint density at radius 3 is 2.58 bits per heavy atom. The van der Waals surface area contributed by atoms with Gasteiger partial charge in [-0.2, -0.15) is 0 Å². The highest BCUT2D eigenvalue weighted by molar-refractivity contribution is 7.99. The van der Waals surface area contributed by atoms with E-state index in [9.17, 15) is 4.79 Å². The summed E-state index contributed by atoms with van der Waals surface area (Å²) in [7, 11) is 5.32. The lowest BCUT2D eigenvalue weighted by Crippen LogP contribution is -2.44. The van der Waals surface area contributed by atoms with E-state index in [2.05, 4.69) is 32.1 Å². The SMILES string of the molecule is COc1ccc(CCNC(=O)CSc2nc(Cl)cc(N3CCN(C)CC3)n2)cc1OC. The van der Waals surface area contributed by atoms with Gasteiger partial charge in [0.25, 0.3) is 0 Å². The third kappa shape index (κ3) is 6.88. The highest BCUT2D eigenvalue weighted by Crippen LogP contribution is 2.27. The van der Waals surface area contributed by atoms with Gasteiger partial charge in [-0.25, -0.2) is 9.97 Å². The van der Waals surface area contributed by atoms with Crippen molar-refractivity contribution in [2.24, 2.45) is 0 Å². The molecule has 1 fully saturated rings. The van der Waals surface area contributed by atoms with Crippen LogP contribution in [-0.4, -0.2) is 80.5 Å². The average Bonchev–Trinajstić information content (AvgIpc) is 2.77. The Labute approximate surface area is 192 Å². The van der Waals surface area contributed by atoms with E-state index in [0.29, 0.717) is 34.8 Å². The number of aromatic nitrogens is 2. The van der Waals surface area contributed by atoms with Crippen LogP contribution in [0.4, 0.5) is 5.82 Å². The van der Waals surface area contributed by atoms with Crippen LogP contribution >= 0.6 is 23.4 Å². The van der Waals surface area contributed by atoms with E-state index in [0.717, 1.165) is 37.6 Å². The van der Waals surface area contributed by atoms with Crippen LogP contribution in [0.25, 0.3) is 0 Å². The van der Waals surface area contributed by atoms with Crippen molar-refractivity contribution in [3.05, 3.63) is 35.0 Å². The number of anilines is 1. The van der Waals surface area contributed by atoms with Crippen molar-refractivity contribution >= 4 is 35.1 Å². The topological polar surface area (TPSA) is 79.8 Å². The first-order chi connectivity index (χ1) is 15.0. The fourth-order valence-electron chi connectivity index (χ4n) is 3.21. The minimum Gasteiger partial charge on any atom is -0.493 e. The molecule has 0 unspecified atom stereocenters. The van der Waals surface area contributed by atoms with Gasteiger partial charge in [0.15, 0.2) is 16.7 Å². The summed E-state index contributed by atoms with van der Waals surface area (Å²) in [5, 5.41) is 3.83. The Kier molecular flexibility index (Phi) is 8.62. The number of benzene rings is 1. The van der Waals surface area contributed by atoms with E-state index in [1.165, 1.54) is 11.8 Å². The van der Waals surface area contributed by atoms with Crippen LogP contribution < -0.4 is 19.7 Å². The second-order valence-electron chi connectivity index (χ2n) is 7.20. The lowest BCUT2D eigenvalue weighted by molar-refractivity contribution is -0.118. The molecule has 1 N–H and O–H groups in total. The molecule has 1 aromatic carbocycles. The third-order valence-corrected chi connectivity index (χ3v) is 6.05. The fraction of sp³-hybridized carbons (Fsp3) is 0.476. The Hall–Kier alpha value is -2.23. The number of carbonyl (C=O) groups excluding carboxylic acids is 1. The van der Waals surface area contributed by atoms with Crippen LogP contribution in [0.2, 0.25) is 5.15 Å². The lowest BCUT2D eigenvalue weighted by Gasteiger charge is -2.33. The van der Waals surface area contributed by atoms with Gasteiger partial charge in [0.05, 0.1) is 20.0 Å². The molecular weight excluding hydrogens is 438 g/mol. The van der Waals surface area contributed by atoms with E-state index in [1.54, 1.807) is 20.3 Å². The molecule has 8 nitrogen and oxygen atoms in total. The first-order valence-corrected chi connectivity index (χ1v) is 11.4. The van der Waals surface area contributed by atoms with Gasteiger partial charge in [-0.05, 0) is 31.2 Å². The number of nitrogens with zero attached hydrogens (tertiary/aromatic N) is 4. The van der Waals surface area contributed by atoms with Crippen LogP contribution in [-0.2, 0) is 11.2 Å². The summed E-state index contributed by atoms with van der Waals surface area (Å²) < 4.78 is 10.6. The normalized spacial score (nSPS) is 14.4.